The van der Waals surface area contributed by atoms with Gasteiger partial charge in [-0.1, -0.05) is 50.1 Å². The van der Waals surface area contributed by atoms with Gasteiger partial charge in [-0.3, -0.25) is 0 Å². The number of nitrogens with two attached hydrogens (primary N) is 1. The maximum atomic E-state index is 11.5. The molecule has 1 aliphatic carbocycles. The van der Waals surface area contributed by atoms with Crippen molar-refractivity contribution < 1.29 is 13.2 Å². The summed E-state index contributed by atoms with van der Waals surface area (Å²) in [6, 6.07) is 9.61. The first-order valence-electron chi connectivity index (χ1n) is 7.63. The van der Waals surface area contributed by atoms with Gasteiger partial charge in [0, 0.05) is 5.92 Å². The summed E-state index contributed by atoms with van der Waals surface area (Å²) >= 11 is 0. The lowest BCUT2D eigenvalue weighted by molar-refractivity contribution is -0.00983. The van der Waals surface area contributed by atoms with Crippen LogP contribution in [0.1, 0.15) is 44.1 Å². The SMILES string of the molecule is CC1CCCCC1OCC(CS(N)(=O)=O)c1ccccc1. The van der Waals surface area contributed by atoms with E-state index >= 15 is 0 Å². The number of ether oxygens (including phenoxy) is 1. The van der Waals surface area contributed by atoms with E-state index in [0.29, 0.717) is 12.5 Å². The standard InChI is InChI=1S/C16H25NO3S/c1-13-7-5-6-10-16(13)20-11-15(12-21(17,18)19)14-8-3-2-4-9-14/h2-4,8-9,13,15-16H,5-7,10-12H2,1H3,(H2,17,18,19). The minimum atomic E-state index is -3.52. The highest BCUT2D eigenvalue weighted by atomic mass is 32.2. The topological polar surface area (TPSA) is 69.4 Å². The molecule has 0 heterocycles. The first-order valence-corrected chi connectivity index (χ1v) is 9.34. The van der Waals surface area contributed by atoms with Crippen molar-refractivity contribution >= 4 is 10.0 Å². The molecule has 118 valence electrons. The van der Waals surface area contributed by atoms with Gasteiger partial charge < -0.3 is 4.74 Å². The van der Waals surface area contributed by atoms with Crippen molar-refractivity contribution in [2.45, 2.75) is 44.6 Å². The summed E-state index contributed by atoms with van der Waals surface area (Å²) in [5, 5.41) is 5.23. The lowest BCUT2D eigenvalue weighted by atomic mass is 9.88. The third kappa shape index (κ3) is 5.41. The van der Waals surface area contributed by atoms with E-state index in [9.17, 15) is 8.42 Å². The quantitative estimate of drug-likeness (QED) is 0.878. The minimum absolute atomic E-state index is 0.0713. The zero-order chi connectivity index (χ0) is 15.3. The Kier molecular flexibility index (Phi) is 5.79. The van der Waals surface area contributed by atoms with Crippen molar-refractivity contribution in [3.8, 4) is 0 Å². The van der Waals surface area contributed by atoms with E-state index in [1.165, 1.54) is 19.3 Å². The summed E-state index contributed by atoms with van der Waals surface area (Å²) in [4.78, 5) is 0. The average molecular weight is 311 g/mol. The second-order valence-corrected chi connectivity index (χ2v) is 7.73. The van der Waals surface area contributed by atoms with E-state index < -0.39 is 10.0 Å². The molecule has 0 aliphatic heterocycles. The number of hydrogen-bond acceptors (Lipinski definition) is 3. The summed E-state index contributed by atoms with van der Waals surface area (Å²) in [6.07, 6.45) is 4.96. The maximum Gasteiger partial charge on any atom is 0.209 e. The zero-order valence-electron chi connectivity index (χ0n) is 12.6. The van der Waals surface area contributed by atoms with Crippen molar-refractivity contribution in [1.82, 2.24) is 0 Å². The maximum absolute atomic E-state index is 11.5. The zero-order valence-corrected chi connectivity index (χ0v) is 13.4. The van der Waals surface area contributed by atoms with Gasteiger partial charge in [-0.25, -0.2) is 13.6 Å². The van der Waals surface area contributed by atoms with Crippen molar-refractivity contribution in [2.75, 3.05) is 12.4 Å². The van der Waals surface area contributed by atoms with Crippen molar-refractivity contribution in [2.24, 2.45) is 11.1 Å². The van der Waals surface area contributed by atoms with Gasteiger partial charge in [-0.2, -0.15) is 0 Å². The lowest BCUT2D eigenvalue weighted by Gasteiger charge is -2.30. The summed E-state index contributed by atoms with van der Waals surface area (Å²) in [5.74, 6) is 0.276. The Labute approximate surface area is 127 Å². The Hall–Kier alpha value is -0.910. The first-order chi connectivity index (χ1) is 9.96. The molecule has 1 aromatic rings. The summed E-state index contributed by atoms with van der Waals surface area (Å²) in [6.45, 7) is 2.62. The summed E-state index contributed by atoms with van der Waals surface area (Å²) in [7, 11) is -3.52. The Morgan fingerprint density at radius 2 is 1.90 bits per heavy atom. The van der Waals surface area contributed by atoms with Crippen LogP contribution in [0.15, 0.2) is 30.3 Å². The van der Waals surface area contributed by atoms with Gasteiger partial charge in [0.15, 0.2) is 0 Å². The van der Waals surface area contributed by atoms with Crippen molar-refractivity contribution in [1.29, 1.82) is 0 Å². The molecule has 1 aromatic carbocycles. The molecule has 0 bridgehead atoms. The van der Waals surface area contributed by atoms with Crippen LogP contribution in [-0.2, 0) is 14.8 Å². The molecule has 0 aromatic heterocycles. The lowest BCUT2D eigenvalue weighted by Crippen LogP contribution is -2.30. The van der Waals surface area contributed by atoms with Crippen LogP contribution in [0.5, 0.6) is 0 Å². The molecule has 0 radical (unpaired) electrons. The van der Waals surface area contributed by atoms with Gasteiger partial charge in [0.2, 0.25) is 10.0 Å². The smallest absolute Gasteiger partial charge is 0.209 e. The highest BCUT2D eigenvalue weighted by Crippen LogP contribution is 2.28. The number of primary sulfonamides is 1. The van der Waals surface area contributed by atoms with E-state index in [2.05, 4.69) is 6.92 Å². The number of hydrogen-bond donors (Lipinski definition) is 1. The Bertz CT molecular complexity index is 530. The molecular formula is C16H25NO3S. The average Bonchev–Trinajstić information content (AvgIpc) is 2.45. The van der Waals surface area contributed by atoms with Crippen molar-refractivity contribution in [3.05, 3.63) is 35.9 Å². The van der Waals surface area contributed by atoms with Crippen LogP contribution in [0, 0.1) is 5.92 Å². The molecule has 0 saturated heterocycles. The minimum Gasteiger partial charge on any atom is -0.377 e. The summed E-state index contributed by atoms with van der Waals surface area (Å²) in [5.41, 5.74) is 0.968. The highest BCUT2D eigenvalue weighted by Gasteiger charge is 2.25. The largest absolute Gasteiger partial charge is 0.377 e. The van der Waals surface area contributed by atoms with Crippen LogP contribution >= 0.6 is 0 Å². The molecule has 5 heteroatoms. The van der Waals surface area contributed by atoms with E-state index in [0.717, 1.165) is 12.0 Å². The fourth-order valence-electron chi connectivity index (χ4n) is 3.02. The molecule has 0 amide bonds. The molecular weight excluding hydrogens is 286 g/mol. The molecule has 2 N–H and O–H groups in total. The molecule has 3 atom stereocenters. The Morgan fingerprint density at radius 3 is 2.52 bits per heavy atom. The predicted molar refractivity (Wildman–Crippen MR) is 84.5 cm³/mol. The van der Waals surface area contributed by atoms with Crippen LogP contribution in [0.25, 0.3) is 0 Å². The second kappa shape index (κ2) is 7.38. The highest BCUT2D eigenvalue weighted by molar-refractivity contribution is 7.89. The fourth-order valence-corrected chi connectivity index (χ4v) is 3.87. The van der Waals surface area contributed by atoms with E-state index in [1.807, 2.05) is 30.3 Å². The van der Waals surface area contributed by atoms with Crippen LogP contribution in [0.2, 0.25) is 0 Å². The second-order valence-electron chi connectivity index (χ2n) is 6.07. The van der Waals surface area contributed by atoms with Crippen molar-refractivity contribution in [3.63, 3.8) is 0 Å². The van der Waals surface area contributed by atoms with E-state index in [-0.39, 0.29) is 17.8 Å². The number of rotatable bonds is 6. The molecule has 2 rings (SSSR count). The van der Waals surface area contributed by atoms with Crippen LogP contribution in [0.4, 0.5) is 0 Å². The fraction of sp³-hybridized carbons (Fsp3) is 0.625. The van der Waals surface area contributed by atoms with Gasteiger partial charge in [0.05, 0.1) is 18.5 Å². The third-order valence-electron chi connectivity index (χ3n) is 4.25. The van der Waals surface area contributed by atoms with Gasteiger partial charge >= 0.3 is 0 Å². The molecule has 3 unspecified atom stereocenters. The monoisotopic (exact) mass is 311 g/mol. The normalized spacial score (nSPS) is 24.7. The van der Waals surface area contributed by atoms with Crippen LogP contribution in [-0.4, -0.2) is 26.9 Å². The first kappa shape index (κ1) is 16.5. The third-order valence-corrected chi connectivity index (χ3v) is 5.12. The van der Waals surface area contributed by atoms with Gasteiger partial charge in [0.1, 0.15) is 0 Å². The Morgan fingerprint density at radius 1 is 1.24 bits per heavy atom. The molecule has 1 aliphatic rings. The van der Waals surface area contributed by atoms with Crippen LogP contribution < -0.4 is 5.14 Å². The van der Waals surface area contributed by atoms with E-state index in [1.54, 1.807) is 0 Å². The van der Waals surface area contributed by atoms with E-state index in [4.69, 9.17) is 9.88 Å². The van der Waals surface area contributed by atoms with Gasteiger partial charge in [0.25, 0.3) is 0 Å². The van der Waals surface area contributed by atoms with Crippen LogP contribution in [0.3, 0.4) is 0 Å². The molecule has 1 fully saturated rings. The summed E-state index contributed by atoms with van der Waals surface area (Å²) < 4.78 is 28.9. The number of sulfonamides is 1. The number of benzene rings is 1. The van der Waals surface area contributed by atoms with Gasteiger partial charge in [-0.15, -0.1) is 0 Å². The van der Waals surface area contributed by atoms with Gasteiger partial charge in [-0.05, 0) is 24.3 Å². The molecule has 0 spiro atoms. The molecule has 21 heavy (non-hydrogen) atoms. The molecule has 1 saturated carbocycles. The predicted octanol–water partition coefficient (Wildman–Crippen LogP) is 2.65. The Balaban J connectivity index is 2.02. The molecule has 4 nitrogen and oxygen atoms in total.